The van der Waals surface area contributed by atoms with Crippen LogP contribution in [0.5, 0.6) is 0 Å². The number of hydrogen-bond donors (Lipinski definition) is 1. The molecule has 1 aliphatic rings. The van der Waals surface area contributed by atoms with Crippen LogP contribution in [0.4, 0.5) is 11.4 Å². The lowest BCUT2D eigenvalue weighted by Gasteiger charge is -2.30. The molecule has 0 spiro atoms. The van der Waals surface area contributed by atoms with E-state index in [2.05, 4.69) is 11.4 Å². The first kappa shape index (κ1) is 12.2. The Kier molecular flexibility index (Phi) is 3.10. The van der Waals surface area contributed by atoms with E-state index in [-0.39, 0.29) is 5.91 Å². The molecule has 1 heterocycles. The van der Waals surface area contributed by atoms with Crippen molar-refractivity contribution in [3.05, 3.63) is 59.7 Å². The molecule has 0 saturated heterocycles. The zero-order valence-corrected chi connectivity index (χ0v) is 10.8. The highest BCUT2D eigenvalue weighted by Crippen LogP contribution is 2.29. The SMILES string of the molecule is N#Cc1ccc(CN2CC(=O)Nc3ccccc32)cc1. The smallest absolute Gasteiger partial charge is 0.243 e. The first-order valence-corrected chi connectivity index (χ1v) is 6.39. The van der Waals surface area contributed by atoms with E-state index < -0.39 is 0 Å². The molecule has 0 fully saturated rings. The number of hydrogen-bond acceptors (Lipinski definition) is 3. The van der Waals surface area contributed by atoms with E-state index in [1.165, 1.54) is 0 Å². The molecule has 1 N–H and O–H groups in total. The zero-order valence-electron chi connectivity index (χ0n) is 10.8. The highest BCUT2D eigenvalue weighted by Gasteiger charge is 2.21. The van der Waals surface area contributed by atoms with Crippen molar-refractivity contribution in [2.45, 2.75) is 6.54 Å². The summed E-state index contributed by atoms with van der Waals surface area (Å²) in [6.45, 7) is 0.993. The van der Waals surface area contributed by atoms with Crippen LogP contribution in [-0.2, 0) is 11.3 Å². The second-order valence-electron chi connectivity index (χ2n) is 4.73. The largest absolute Gasteiger partial charge is 0.356 e. The number of nitriles is 1. The number of para-hydroxylation sites is 2. The van der Waals surface area contributed by atoms with Crippen molar-refractivity contribution in [3.63, 3.8) is 0 Å². The van der Waals surface area contributed by atoms with Crippen LogP contribution in [0, 0.1) is 11.3 Å². The van der Waals surface area contributed by atoms with Gasteiger partial charge in [-0.2, -0.15) is 5.26 Å². The highest BCUT2D eigenvalue weighted by molar-refractivity contribution is 6.01. The summed E-state index contributed by atoms with van der Waals surface area (Å²) in [4.78, 5) is 13.8. The predicted molar refractivity (Wildman–Crippen MR) is 77.3 cm³/mol. The molecular weight excluding hydrogens is 250 g/mol. The van der Waals surface area contributed by atoms with E-state index >= 15 is 0 Å². The van der Waals surface area contributed by atoms with Gasteiger partial charge in [-0.3, -0.25) is 4.79 Å². The van der Waals surface area contributed by atoms with Crippen LogP contribution in [0.25, 0.3) is 0 Å². The van der Waals surface area contributed by atoms with E-state index in [9.17, 15) is 4.79 Å². The summed E-state index contributed by atoms with van der Waals surface area (Å²) >= 11 is 0. The van der Waals surface area contributed by atoms with Gasteiger partial charge in [0.05, 0.1) is 29.6 Å². The molecule has 2 aromatic rings. The molecule has 0 aliphatic carbocycles. The van der Waals surface area contributed by atoms with Crippen molar-refractivity contribution in [3.8, 4) is 6.07 Å². The van der Waals surface area contributed by atoms with Gasteiger partial charge in [-0.1, -0.05) is 24.3 Å². The molecular formula is C16H13N3O. The van der Waals surface area contributed by atoms with E-state index in [1.807, 2.05) is 41.3 Å². The van der Waals surface area contributed by atoms with Crippen LogP contribution < -0.4 is 10.2 Å². The highest BCUT2D eigenvalue weighted by atomic mass is 16.2. The number of nitrogens with zero attached hydrogens (tertiary/aromatic N) is 2. The molecule has 3 rings (SSSR count). The van der Waals surface area contributed by atoms with Crippen molar-refractivity contribution in [2.24, 2.45) is 0 Å². The molecule has 4 nitrogen and oxygen atoms in total. The Labute approximate surface area is 117 Å². The molecule has 0 unspecified atom stereocenters. The molecule has 4 heteroatoms. The summed E-state index contributed by atoms with van der Waals surface area (Å²) in [5, 5.41) is 11.7. The van der Waals surface area contributed by atoms with E-state index in [0.29, 0.717) is 18.7 Å². The molecule has 1 amide bonds. The Morgan fingerprint density at radius 1 is 1.15 bits per heavy atom. The Bertz CT molecular complexity index is 686. The molecule has 0 radical (unpaired) electrons. The first-order chi connectivity index (χ1) is 9.76. The third kappa shape index (κ3) is 2.34. The average Bonchev–Trinajstić information content (AvgIpc) is 2.48. The summed E-state index contributed by atoms with van der Waals surface area (Å²) in [7, 11) is 0. The minimum Gasteiger partial charge on any atom is -0.356 e. The summed E-state index contributed by atoms with van der Waals surface area (Å²) in [6, 6.07) is 17.3. The number of nitrogens with one attached hydrogen (secondary N) is 1. The van der Waals surface area contributed by atoms with Crippen LogP contribution in [0.1, 0.15) is 11.1 Å². The molecule has 98 valence electrons. The fourth-order valence-corrected chi connectivity index (χ4v) is 2.35. The summed E-state index contributed by atoms with van der Waals surface area (Å²) in [5.74, 6) is -0.00246. The Morgan fingerprint density at radius 2 is 1.90 bits per heavy atom. The number of rotatable bonds is 2. The normalized spacial score (nSPS) is 13.3. The number of carbonyl (C=O) groups excluding carboxylic acids is 1. The number of benzene rings is 2. The molecule has 2 aromatic carbocycles. The third-order valence-electron chi connectivity index (χ3n) is 3.31. The van der Waals surface area contributed by atoms with Crippen molar-refractivity contribution in [2.75, 3.05) is 16.8 Å². The zero-order chi connectivity index (χ0) is 13.9. The molecule has 0 bridgehead atoms. The first-order valence-electron chi connectivity index (χ1n) is 6.39. The van der Waals surface area contributed by atoms with E-state index in [4.69, 9.17) is 5.26 Å². The van der Waals surface area contributed by atoms with Crippen molar-refractivity contribution >= 4 is 17.3 Å². The number of fused-ring (bicyclic) bond motifs is 1. The fourth-order valence-electron chi connectivity index (χ4n) is 2.35. The quantitative estimate of drug-likeness (QED) is 0.905. The van der Waals surface area contributed by atoms with Crippen molar-refractivity contribution in [1.82, 2.24) is 0 Å². The minimum absolute atomic E-state index is 0.00246. The Balaban J connectivity index is 1.87. The fraction of sp³-hybridized carbons (Fsp3) is 0.125. The standard InChI is InChI=1S/C16H13N3O/c17-9-12-5-7-13(8-6-12)10-19-11-16(20)18-14-3-1-2-4-15(14)19/h1-8H,10-11H2,(H,18,20). The maximum absolute atomic E-state index is 11.7. The van der Waals surface area contributed by atoms with Gasteiger partial charge in [0.25, 0.3) is 0 Å². The summed E-state index contributed by atoms with van der Waals surface area (Å²) < 4.78 is 0. The van der Waals surface area contributed by atoms with Gasteiger partial charge in [0.15, 0.2) is 0 Å². The summed E-state index contributed by atoms with van der Waals surface area (Å²) in [5.41, 5.74) is 3.59. The average molecular weight is 263 g/mol. The predicted octanol–water partition coefficient (Wildman–Crippen LogP) is 2.52. The topological polar surface area (TPSA) is 56.1 Å². The lowest BCUT2D eigenvalue weighted by atomic mass is 10.1. The van der Waals surface area contributed by atoms with Crippen LogP contribution in [0.3, 0.4) is 0 Å². The molecule has 1 aliphatic heterocycles. The van der Waals surface area contributed by atoms with Crippen LogP contribution in [0.15, 0.2) is 48.5 Å². The molecule has 20 heavy (non-hydrogen) atoms. The maximum Gasteiger partial charge on any atom is 0.243 e. The molecule has 0 atom stereocenters. The van der Waals surface area contributed by atoms with Crippen LogP contribution in [0.2, 0.25) is 0 Å². The van der Waals surface area contributed by atoms with E-state index in [0.717, 1.165) is 16.9 Å². The van der Waals surface area contributed by atoms with Crippen LogP contribution in [-0.4, -0.2) is 12.5 Å². The second kappa shape index (κ2) is 5.06. The Hall–Kier alpha value is -2.80. The lowest BCUT2D eigenvalue weighted by Crippen LogP contribution is -2.37. The molecule has 0 saturated carbocycles. The van der Waals surface area contributed by atoms with Crippen LogP contribution >= 0.6 is 0 Å². The van der Waals surface area contributed by atoms with Gasteiger partial charge < -0.3 is 10.2 Å². The van der Waals surface area contributed by atoms with Gasteiger partial charge in [-0.25, -0.2) is 0 Å². The monoisotopic (exact) mass is 263 g/mol. The number of anilines is 2. The van der Waals surface area contributed by atoms with Gasteiger partial charge in [-0.15, -0.1) is 0 Å². The van der Waals surface area contributed by atoms with Crippen molar-refractivity contribution < 1.29 is 4.79 Å². The van der Waals surface area contributed by atoms with Gasteiger partial charge in [-0.05, 0) is 29.8 Å². The number of carbonyl (C=O) groups is 1. The second-order valence-corrected chi connectivity index (χ2v) is 4.73. The molecule has 0 aromatic heterocycles. The minimum atomic E-state index is -0.00246. The summed E-state index contributed by atoms with van der Waals surface area (Å²) in [6.07, 6.45) is 0. The third-order valence-corrected chi connectivity index (χ3v) is 3.31. The van der Waals surface area contributed by atoms with Gasteiger partial charge >= 0.3 is 0 Å². The van der Waals surface area contributed by atoms with Crippen molar-refractivity contribution in [1.29, 1.82) is 5.26 Å². The van der Waals surface area contributed by atoms with Gasteiger partial charge in [0, 0.05) is 6.54 Å². The number of amides is 1. The van der Waals surface area contributed by atoms with E-state index in [1.54, 1.807) is 12.1 Å². The lowest BCUT2D eigenvalue weighted by molar-refractivity contribution is -0.115. The van der Waals surface area contributed by atoms with Gasteiger partial charge in [0.2, 0.25) is 5.91 Å². The maximum atomic E-state index is 11.7. The van der Waals surface area contributed by atoms with Gasteiger partial charge in [0.1, 0.15) is 0 Å². The Morgan fingerprint density at radius 3 is 2.65 bits per heavy atom.